The van der Waals surface area contributed by atoms with Crippen molar-refractivity contribution in [2.45, 2.75) is 76.3 Å². The van der Waals surface area contributed by atoms with Crippen molar-refractivity contribution in [3.05, 3.63) is 88.6 Å². The highest BCUT2D eigenvalue weighted by Crippen LogP contribution is 2.49. The molecule has 2 aromatic carbocycles. The van der Waals surface area contributed by atoms with Crippen LogP contribution in [0.4, 0.5) is 10.3 Å². The Balaban J connectivity index is 0.997. The maximum Gasteiger partial charge on any atom is 0.335 e. The Labute approximate surface area is 302 Å². The molecule has 3 atom stereocenters. The second-order valence-electron chi connectivity index (χ2n) is 14.4. The second-order valence-corrected chi connectivity index (χ2v) is 16.0. The molecule has 52 heavy (non-hydrogen) atoms. The molecule has 0 amide bonds. The summed E-state index contributed by atoms with van der Waals surface area (Å²) in [5.41, 5.74) is 5.31. The van der Waals surface area contributed by atoms with Gasteiger partial charge in [-0.05, 0) is 80.7 Å². The molecular formula is C38H42FN7O5S. The van der Waals surface area contributed by atoms with E-state index in [0.717, 1.165) is 54.1 Å². The number of carboxylic acids is 1. The van der Waals surface area contributed by atoms with Crippen LogP contribution in [0.5, 0.6) is 5.88 Å². The van der Waals surface area contributed by atoms with Crippen molar-refractivity contribution < 1.29 is 27.4 Å². The Morgan fingerprint density at radius 1 is 1.10 bits per heavy atom. The molecule has 3 aromatic heterocycles. The number of halogens is 1. The Hall–Kier alpha value is -4.95. The van der Waals surface area contributed by atoms with Gasteiger partial charge in [-0.3, -0.25) is 0 Å². The molecule has 3 heterocycles. The number of hydrogen-bond donors (Lipinski definition) is 3. The molecule has 2 aliphatic carbocycles. The van der Waals surface area contributed by atoms with Crippen molar-refractivity contribution in [1.29, 1.82) is 0 Å². The third kappa shape index (κ3) is 6.96. The van der Waals surface area contributed by atoms with Crippen molar-refractivity contribution >= 4 is 33.1 Å². The van der Waals surface area contributed by atoms with Crippen LogP contribution in [0.2, 0.25) is 0 Å². The van der Waals surface area contributed by atoms with Gasteiger partial charge in [-0.15, -0.1) is 0 Å². The zero-order chi connectivity index (χ0) is 36.9. The Morgan fingerprint density at radius 3 is 2.54 bits per heavy atom. The number of sulfonamides is 1. The molecule has 0 bridgehead atoms. The molecule has 2 fully saturated rings. The molecule has 14 heteroatoms. The SMILES string of the molecule is Cc1cccc(C)c1-c1cc(OCCCC2C(C)[C@H]2NCc2cnc3c(F)c(C4(C)CC4)n(C)c3n2)nc(NS(=O)(=O)c2cccc(C(=O)O)c2)n1. The van der Waals surface area contributed by atoms with E-state index in [4.69, 9.17) is 9.72 Å². The number of rotatable bonds is 14. The molecule has 12 nitrogen and oxygen atoms in total. The Kier molecular flexibility index (Phi) is 9.24. The molecule has 0 aliphatic heterocycles. The number of anilines is 1. The molecule has 0 radical (unpaired) electrons. The molecule has 2 aliphatic rings. The first-order valence-electron chi connectivity index (χ1n) is 17.4. The molecule has 2 saturated carbocycles. The van der Waals surface area contributed by atoms with E-state index in [9.17, 15) is 18.3 Å². The molecule has 0 spiro atoms. The first-order valence-corrected chi connectivity index (χ1v) is 18.9. The van der Waals surface area contributed by atoms with Crippen LogP contribution < -0.4 is 14.8 Å². The first kappa shape index (κ1) is 35.5. The van der Waals surface area contributed by atoms with Gasteiger partial charge in [-0.25, -0.2) is 37.3 Å². The zero-order valence-electron chi connectivity index (χ0n) is 29.8. The third-order valence-electron chi connectivity index (χ3n) is 10.5. The standard InChI is InChI=1S/C38H42FN7O5S/c1-21-9-6-10-22(2)30(21)28-18-29(44-37(43-28)45-52(49,50)26-12-7-11-24(17-26)36(47)48)51-16-8-13-27-23(3)32(27)40-19-25-20-41-33-31(39)34(38(4)14-15-38)46(5)35(33)42-25/h6-7,9-12,17-18,20,23,27,32,40H,8,13-16,19H2,1-5H3,(H,47,48)(H,43,44,45)/t23?,27?,32-/m1/s1. The predicted molar refractivity (Wildman–Crippen MR) is 194 cm³/mol. The molecule has 272 valence electrons. The van der Waals surface area contributed by atoms with Gasteiger partial charge in [0.2, 0.25) is 11.8 Å². The van der Waals surface area contributed by atoms with Gasteiger partial charge in [0.1, 0.15) is 5.52 Å². The normalized spacial score (nSPS) is 19.1. The van der Waals surface area contributed by atoms with E-state index >= 15 is 4.39 Å². The summed E-state index contributed by atoms with van der Waals surface area (Å²) >= 11 is 0. The van der Waals surface area contributed by atoms with Gasteiger partial charge in [0.05, 0.1) is 40.3 Å². The Morgan fingerprint density at radius 2 is 1.83 bits per heavy atom. The quantitative estimate of drug-likeness (QED) is 0.111. The van der Waals surface area contributed by atoms with E-state index in [-0.39, 0.29) is 33.5 Å². The Bertz CT molecular complexity index is 2290. The number of hydrogen-bond acceptors (Lipinski definition) is 9. The van der Waals surface area contributed by atoms with Crippen LogP contribution >= 0.6 is 0 Å². The molecule has 3 N–H and O–H groups in total. The second kappa shape index (κ2) is 13.6. The van der Waals surface area contributed by atoms with E-state index < -0.39 is 16.0 Å². The van der Waals surface area contributed by atoms with Crippen LogP contribution in [-0.4, -0.2) is 56.6 Å². The van der Waals surface area contributed by atoms with E-state index in [0.29, 0.717) is 53.6 Å². The summed E-state index contributed by atoms with van der Waals surface area (Å²) in [6.07, 6.45) is 5.25. The summed E-state index contributed by atoms with van der Waals surface area (Å²) in [5.74, 6) is -0.569. The van der Waals surface area contributed by atoms with Crippen LogP contribution in [-0.2, 0) is 29.0 Å². The molecular weight excluding hydrogens is 686 g/mol. The minimum Gasteiger partial charge on any atom is -0.478 e. The van der Waals surface area contributed by atoms with Gasteiger partial charge < -0.3 is 19.7 Å². The fraction of sp³-hybridized carbons (Fsp3) is 0.395. The number of ether oxygens (including phenoxy) is 1. The van der Waals surface area contributed by atoms with E-state index in [1.807, 2.05) is 43.7 Å². The van der Waals surface area contributed by atoms with Gasteiger partial charge in [0, 0.05) is 36.7 Å². The van der Waals surface area contributed by atoms with Crippen molar-refractivity contribution in [3.8, 4) is 17.1 Å². The molecule has 2 unspecified atom stereocenters. The largest absolute Gasteiger partial charge is 0.478 e. The predicted octanol–water partition coefficient (Wildman–Crippen LogP) is 6.32. The lowest BCUT2D eigenvalue weighted by atomic mass is 10.00. The van der Waals surface area contributed by atoms with Gasteiger partial charge in [-0.1, -0.05) is 38.1 Å². The summed E-state index contributed by atoms with van der Waals surface area (Å²) in [4.78, 5) is 29.3. The van der Waals surface area contributed by atoms with E-state index in [1.54, 1.807) is 12.3 Å². The van der Waals surface area contributed by atoms with Crippen molar-refractivity contribution in [1.82, 2.24) is 29.8 Å². The zero-order valence-corrected chi connectivity index (χ0v) is 30.6. The number of aromatic carboxylic acids is 1. The smallest absolute Gasteiger partial charge is 0.335 e. The summed E-state index contributed by atoms with van der Waals surface area (Å²) in [5, 5.41) is 13.0. The number of nitrogens with zero attached hydrogens (tertiary/aromatic N) is 5. The maximum atomic E-state index is 15.2. The highest BCUT2D eigenvalue weighted by molar-refractivity contribution is 7.92. The van der Waals surface area contributed by atoms with Gasteiger partial charge >= 0.3 is 5.97 Å². The third-order valence-corrected chi connectivity index (χ3v) is 11.8. The van der Waals surface area contributed by atoms with Crippen LogP contribution in [0.15, 0.2) is 59.6 Å². The van der Waals surface area contributed by atoms with E-state index in [1.165, 1.54) is 18.2 Å². The van der Waals surface area contributed by atoms with Crippen LogP contribution in [0, 0.1) is 31.5 Å². The van der Waals surface area contributed by atoms with Crippen molar-refractivity contribution in [3.63, 3.8) is 0 Å². The fourth-order valence-corrected chi connectivity index (χ4v) is 8.25. The average Bonchev–Trinajstić information content (AvgIpc) is 3.98. The summed E-state index contributed by atoms with van der Waals surface area (Å²) in [7, 11) is -2.35. The molecule has 7 rings (SSSR count). The topological polar surface area (TPSA) is 161 Å². The fourth-order valence-electron chi connectivity index (χ4n) is 7.26. The lowest BCUT2D eigenvalue weighted by Crippen LogP contribution is -2.20. The van der Waals surface area contributed by atoms with Crippen LogP contribution in [0.3, 0.4) is 0 Å². The van der Waals surface area contributed by atoms with Gasteiger partial charge in [0.25, 0.3) is 10.0 Å². The number of fused-ring (bicyclic) bond motifs is 1. The van der Waals surface area contributed by atoms with Crippen molar-refractivity contribution in [2.75, 3.05) is 11.3 Å². The minimum absolute atomic E-state index is 0.131. The number of benzene rings is 2. The van der Waals surface area contributed by atoms with Gasteiger partial charge in [-0.2, -0.15) is 4.98 Å². The molecule has 0 saturated heterocycles. The molecule has 5 aromatic rings. The first-order chi connectivity index (χ1) is 24.8. The summed E-state index contributed by atoms with van der Waals surface area (Å²) < 4.78 is 52.1. The van der Waals surface area contributed by atoms with Crippen LogP contribution in [0.1, 0.15) is 72.4 Å². The number of carboxylic acid groups (broad SMARTS) is 1. The van der Waals surface area contributed by atoms with E-state index in [2.05, 4.69) is 38.8 Å². The minimum atomic E-state index is -4.22. The number of aryl methyl sites for hydroxylation is 3. The van der Waals surface area contributed by atoms with Crippen LogP contribution in [0.25, 0.3) is 22.4 Å². The van der Waals surface area contributed by atoms with Crippen molar-refractivity contribution in [2.24, 2.45) is 18.9 Å². The van der Waals surface area contributed by atoms with Gasteiger partial charge in [0.15, 0.2) is 11.5 Å². The summed E-state index contributed by atoms with van der Waals surface area (Å²) in [6.45, 7) is 9.08. The average molecular weight is 728 g/mol. The number of aromatic nitrogens is 5. The highest BCUT2D eigenvalue weighted by atomic mass is 32.2. The number of nitrogens with one attached hydrogen (secondary N) is 2. The number of carbonyl (C=O) groups is 1. The lowest BCUT2D eigenvalue weighted by molar-refractivity contribution is 0.0696. The summed E-state index contributed by atoms with van der Waals surface area (Å²) in [6, 6.07) is 12.9. The highest BCUT2D eigenvalue weighted by Gasteiger charge is 2.46. The maximum absolute atomic E-state index is 15.2. The monoisotopic (exact) mass is 727 g/mol. The lowest BCUT2D eigenvalue weighted by Gasteiger charge is -2.14.